The lowest BCUT2D eigenvalue weighted by Crippen LogP contribution is -2.37. The summed E-state index contributed by atoms with van der Waals surface area (Å²) in [5.74, 6) is -2.05. The highest BCUT2D eigenvalue weighted by Gasteiger charge is 2.37. The number of fused-ring (bicyclic) bond motifs is 1. The molecule has 2 heterocycles. The first kappa shape index (κ1) is 28.6. The molecule has 0 spiro atoms. The molecule has 1 atom stereocenters. The monoisotopic (exact) mass is 585 g/mol. The minimum atomic E-state index is -5.05. The fourth-order valence-electron chi connectivity index (χ4n) is 3.93. The summed E-state index contributed by atoms with van der Waals surface area (Å²) < 4.78 is 79.5. The van der Waals surface area contributed by atoms with E-state index in [1.165, 1.54) is 31.2 Å². The van der Waals surface area contributed by atoms with Gasteiger partial charge in [-0.1, -0.05) is 12.1 Å². The fourth-order valence-corrected chi connectivity index (χ4v) is 4.89. The number of carbonyl (C=O) groups excluding carboxylic acids is 1. The number of H-pyrrole nitrogens is 1. The minimum Gasteiger partial charge on any atom is -0.478 e. The topological polar surface area (TPSA) is 121 Å². The molecular weight excluding hydrogens is 568 g/mol. The second kappa shape index (κ2) is 10.3. The highest BCUT2D eigenvalue weighted by Crippen LogP contribution is 2.36. The Labute approximate surface area is 223 Å². The summed E-state index contributed by atoms with van der Waals surface area (Å²) in [6.07, 6.45) is -10.1. The van der Waals surface area contributed by atoms with Crippen LogP contribution in [-0.4, -0.2) is 26.5 Å². The highest BCUT2D eigenvalue weighted by atomic mass is 32.1. The van der Waals surface area contributed by atoms with E-state index in [1.54, 1.807) is 0 Å². The number of nitrogens with one attached hydrogen (secondary N) is 2. The van der Waals surface area contributed by atoms with Gasteiger partial charge in [-0.15, -0.1) is 11.3 Å². The minimum absolute atomic E-state index is 0.000843. The number of carboxylic acids is 1. The van der Waals surface area contributed by atoms with Crippen LogP contribution in [0.4, 0.5) is 26.3 Å². The van der Waals surface area contributed by atoms with E-state index >= 15 is 0 Å². The second-order valence-electron chi connectivity index (χ2n) is 8.66. The number of nitrogens with zero attached hydrogens (tertiary/aromatic N) is 1. The van der Waals surface area contributed by atoms with Crippen molar-refractivity contribution in [3.05, 3.63) is 102 Å². The van der Waals surface area contributed by atoms with Crippen LogP contribution in [0.15, 0.2) is 58.1 Å². The maximum absolute atomic E-state index is 13.1. The quantitative estimate of drug-likeness (QED) is 0.274. The molecule has 0 saturated heterocycles. The number of amides is 1. The summed E-state index contributed by atoms with van der Waals surface area (Å²) in [6, 6.07) is 6.76. The van der Waals surface area contributed by atoms with Gasteiger partial charge in [0.25, 0.3) is 11.5 Å². The van der Waals surface area contributed by atoms with E-state index in [2.05, 4.69) is 10.3 Å². The lowest BCUT2D eigenvalue weighted by molar-refractivity contribution is -0.143. The zero-order chi connectivity index (χ0) is 29.6. The van der Waals surface area contributed by atoms with Crippen molar-refractivity contribution in [2.45, 2.75) is 31.9 Å². The van der Waals surface area contributed by atoms with Crippen molar-refractivity contribution in [2.75, 3.05) is 0 Å². The first-order chi connectivity index (χ1) is 18.6. The number of halogens is 6. The van der Waals surface area contributed by atoms with Gasteiger partial charge >= 0.3 is 24.0 Å². The average Bonchev–Trinajstić information content (AvgIpc) is 3.30. The van der Waals surface area contributed by atoms with Gasteiger partial charge in [-0.3, -0.25) is 19.1 Å². The van der Waals surface area contributed by atoms with Crippen LogP contribution in [0, 0.1) is 0 Å². The van der Waals surface area contributed by atoms with E-state index in [0.29, 0.717) is 29.0 Å². The third-order valence-corrected chi connectivity index (χ3v) is 7.02. The van der Waals surface area contributed by atoms with Crippen molar-refractivity contribution < 1.29 is 41.0 Å². The summed E-state index contributed by atoms with van der Waals surface area (Å²) in [6.45, 7) is 0.854. The molecule has 4 aromatic rings. The van der Waals surface area contributed by atoms with Gasteiger partial charge in [-0.25, -0.2) is 9.59 Å². The molecular formula is C25H17F6N3O5S. The van der Waals surface area contributed by atoms with Crippen LogP contribution >= 0.6 is 11.3 Å². The number of rotatable bonds is 6. The Morgan fingerprint density at radius 3 is 2.08 bits per heavy atom. The molecule has 0 radical (unpaired) electrons. The molecule has 0 aliphatic rings. The van der Waals surface area contributed by atoms with Crippen LogP contribution in [0.5, 0.6) is 0 Å². The Morgan fingerprint density at radius 2 is 1.55 bits per heavy atom. The number of thiophene rings is 1. The lowest BCUT2D eigenvalue weighted by atomic mass is 10.0. The molecule has 40 heavy (non-hydrogen) atoms. The Balaban J connectivity index is 1.61. The van der Waals surface area contributed by atoms with Gasteiger partial charge in [0.1, 0.15) is 4.83 Å². The molecule has 0 saturated carbocycles. The number of alkyl halides is 6. The van der Waals surface area contributed by atoms with Crippen LogP contribution in [0.25, 0.3) is 10.2 Å². The predicted octanol–water partition coefficient (Wildman–Crippen LogP) is 5.03. The number of benzene rings is 2. The number of aromatic amines is 1. The second-order valence-corrected chi connectivity index (χ2v) is 9.71. The van der Waals surface area contributed by atoms with E-state index in [9.17, 15) is 45.5 Å². The summed E-state index contributed by atoms with van der Waals surface area (Å²) in [5.41, 5.74) is -4.64. The maximum Gasteiger partial charge on any atom is 0.416 e. The molecule has 1 unspecified atom stereocenters. The molecule has 0 aliphatic heterocycles. The zero-order valence-corrected chi connectivity index (χ0v) is 20.9. The molecule has 8 nitrogen and oxygen atoms in total. The third-order valence-electron chi connectivity index (χ3n) is 5.97. The van der Waals surface area contributed by atoms with Crippen LogP contribution in [-0.2, 0) is 18.9 Å². The predicted molar refractivity (Wildman–Crippen MR) is 132 cm³/mol. The molecule has 0 bridgehead atoms. The first-order valence-electron chi connectivity index (χ1n) is 11.2. The van der Waals surface area contributed by atoms with Gasteiger partial charge in [0.2, 0.25) is 0 Å². The standard InChI is InChI=1S/C25H17F6N3O5S/c1-11(13-2-4-14(5-3-13)22(37)38)34-21(36)17-9-18(40-20(17)33-23(34)39)19(35)32-10-12-6-15(24(26,27)28)8-16(7-12)25(29,30)31/h2-9,11H,10H2,1H3,(H,32,35)(H,33,39)(H,37,38). The van der Waals surface area contributed by atoms with E-state index in [1.807, 2.05) is 0 Å². The van der Waals surface area contributed by atoms with Crippen molar-refractivity contribution in [3.8, 4) is 0 Å². The van der Waals surface area contributed by atoms with Crippen LogP contribution in [0.1, 0.15) is 55.2 Å². The largest absolute Gasteiger partial charge is 0.478 e. The number of hydrogen-bond donors (Lipinski definition) is 3. The normalized spacial score (nSPS) is 12.9. The number of aromatic nitrogens is 2. The Morgan fingerprint density at radius 1 is 0.975 bits per heavy atom. The number of carboxylic acid groups (broad SMARTS) is 1. The molecule has 2 aromatic carbocycles. The Bertz CT molecular complexity index is 1700. The molecule has 0 aliphatic carbocycles. The van der Waals surface area contributed by atoms with Crippen LogP contribution in [0.2, 0.25) is 0 Å². The van der Waals surface area contributed by atoms with Crippen LogP contribution < -0.4 is 16.6 Å². The number of hydrogen-bond acceptors (Lipinski definition) is 5. The number of carbonyl (C=O) groups is 2. The van der Waals surface area contributed by atoms with Gasteiger partial charge in [0.15, 0.2) is 0 Å². The van der Waals surface area contributed by atoms with Gasteiger partial charge in [0.05, 0.1) is 33.0 Å². The van der Waals surface area contributed by atoms with Gasteiger partial charge in [0, 0.05) is 6.54 Å². The van der Waals surface area contributed by atoms with Gasteiger partial charge in [-0.2, -0.15) is 26.3 Å². The van der Waals surface area contributed by atoms with Gasteiger partial charge < -0.3 is 10.4 Å². The van der Waals surface area contributed by atoms with E-state index in [4.69, 9.17) is 5.11 Å². The van der Waals surface area contributed by atoms with E-state index in [-0.39, 0.29) is 26.7 Å². The number of aromatic carboxylic acids is 1. The Kier molecular flexibility index (Phi) is 7.36. The van der Waals surface area contributed by atoms with Crippen molar-refractivity contribution in [1.82, 2.24) is 14.9 Å². The summed E-state index contributed by atoms with van der Waals surface area (Å²) >= 11 is 0.699. The summed E-state index contributed by atoms with van der Waals surface area (Å²) in [4.78, 5) is 52.0. The summed E-state index contributed by atoms with van der Waals surface area (Å²) in [7, 11) is 0. The van der Waals surface area contributed by atoms with Gasteiger partial charge in [-0.05, 0) is 54.4 Å². The smallest absolute Gasteiger partial charge is 0.416 e. The van der Waals surface area contributed by atoms with E-state index in [0.717, 1.165) is 10.6 Å². The molecule has 2 aromatic heterocycles. The molecule has 210 valence electrons. The van der Waals surface area contributed by atoms with Crippen molar-refractivity contribution in [1.29, 1.82) is 0 Å². The van der Waals surface area contributed by atoms with Crippen molar-refractivity contribution in [3.63, 3.8) is 0 Å². The lowest BCUT2D eigenvalue weighted by Gasteiger charge is -2.14. The molecule has 4 rings (SSSR count). The SMILES string of the molecule is CC(c1ccc(C(=O)O)cc1)n1c(=O)[nH]c2sc(C(=O)NCc3cc(C(F)(F)F)cc(C(F)(F)F)c3)cc2c1=O. The maximum atomic E-state index is 13.1. The zero-order valence-electron chi connectivity index (χ0n) is 20.1. The van der Waals surface area contributed by atoms with Crippen molar-refractivity contribution in [2.24, 2.45) is 0 Å². The molecule has 3 N–H and O–H groups in total. The summed E-state index contributed by atoms with van der Waals surface area (Å²) in [5, 5.41) is 11.2. The van der Waals surface area contributed by atoms with E-state index < -0.39 is 64.8 Å². The molecule has 15 heteroatoms. The first-order valence-corrected chi connectivity index (χ1v) is 12.1. The highest BCUT2D eigenvalue weighted by molar-refractivity contribution is 7.20. The molecule has 0 fully saturated rings. The van der Waals surface area contributed by atoms with Crippen molar-refractivity contribution >= 4 is 33.4 Å². The third kappa shape index (κ3) is 5.78. The molecule has 1 amide bonds. The van der Waals surface area contributed by atoms with Crippen LogP contribution in [0.3, 0.4) is 0 Å². The fraction of sp³-hybridized carbons (Fsp3) is 0.200. The Hall–Kier alpha value is -4.40. The average molecular weight is 585 g/mol.